The molecule has 0 radical (unpaired) electrons. The third-order valence-electron chi connectivity index (χ3n) is 4.26. The van der Waals surface area contributed by atoms with Crippen LogP contribution in [-0.2, 0) is 16.1 Å². The fourth-order valence-corrected chi connectivity index (χ4v) is 2.75. The lowest BCUT2D eigenvalue weighted by Gasteiger charge is -2.39. The van der Waals surface area contributed by atoms with E-state index in [4.69, 9.17) is 4.74 Å². The van der Waals surface area contributed by atoms with Gasteiger partial charge in [0.1, 0.15) is 18.3 Å². The molecule has 5 heteroatoms. The van der Waals surface area contributed by atoms with Crippen LogP contribution >= 0.6 is 0 Å². The summed E-state index contributed by atoms with van der Waals surface area (Å²) in [5.41, 5.74) is 0.995. The number of hydrogen-bond donors (Lipinski definition) is 0. The standard InChI is InChI=1S/C18H26N2O3/c1-13(2)9-10-20-14(3)18(22)19(12-17(20)21)11-15-5-7-16(23-4)8-6-15/h5-8,13-14H,9-12H2,1-4H3/t14-/m0/s1. The summed E-state index contributed by atoms with van der Waals surface area (Å²) in [6.45, 7) is 7.33. The summed E-state index contributed by atoms with van der Waals surface area (Å²) in [4.78, 5) is 28.3. The Kier molecular flexibility index (Phi) is 5.64. The van der Waals surface area contributed by atoms with E-state index < -0.39 is 0 Å². The van der Waals surface area contributed by atoms with E-state index in [1.165, 1.54) is 0 Å². The Morgan fingerprint density at radius 1 is 1.22 bits per heavy atom. The fraction of sp³-hybridized carbons (Fsp3) is 0.556. The second-order valence-electron chi connectivity index (χ2n) is 6.49. The lowest BCUT2D eigenvalue weighted by molar-refractivity contribution is -0.155. The summed E-state index contributed by atoms with van der Waals surface area (Å²) in [6, 6.07) is 7.19. The van der Waals surface area contributed by atoms with Crippen LogP contribution in [0.4, 0.5) is 0 Å². The third kappa shape index (κ3) is 4.24. The van der Waals surface area contributed by atoms with Crippen LogP contribution in [0.15, 0.2) is 24.3 Å². The number of carbonyl (C=O) groups is 2. The summed E-state index contributed by atoms with van der Waals surface area (Å²) in [5.74, 6) is 1.35. The molecule has 0 saturated carbocycles. The van der Waals surface area contributed by atoms with Crippen molar-refractivity contribution in [3.05, 3.63) is 29.8 Å². The number of piperazine rings is 1. The van der Waals surface area contributed by atoms with Gasteiger partial charge in [-0.2, -0.15) is 0 Å². The van der Waals surface area contributed by atoms with E-state index in [-0.39, 0.29) is 24.4 Å². The van der Waals surface area contributed by atoms with Crippen LogP contribution in [0.5, 0.6) is 5.75 Å². The second kappa shape index (κ2) is 7.49. The maximum absolute atomic E-state index is 12.6. The van der Waals surface area contributed by atoms with Gasteiger partial charge in [-0.3, -0.25) is 9.59 Å². The van der Waals surface area contributed by atoms with Gasteiger partial charge >= 0.3 is 0 Å². The van der Waals surface area contributed by atoms with Gasteiger partial charge in [-0.1, -0.05) is 26.0 Å². The van der Waals surface area contributed by atoms with Crippen LogP contribution in [0.2, 0.25) is 0 Å². The minimum Gasteiger partial charge on any atom is -0.497 e. The number of amides is 2. The van der Waals surface area contributed by atoms with Crippen molar-refractivity contribution in [2.24, 2.45) is 5.92 Å². The molecule has 0 N–H and O–H groups in total. The van der Waals surface area contributed by atoms with Crippen LogP contribution in [0, 0.1) is 5.92 Å². The maximum atomic E-state index is 12.6. The number of benzene rings is 1. The zero-order valence-corrected chi connectivity index (χ0v) is 14.4. The Bertz CT molecular complexity index is 554. The topological polar surface area (TPSA) is 49.9 Å². The van der Waals surface area contributed by atoms with Gasteiger partial charge in [0, 0.05) is 13.1 Å². The van der Waals surface area contributed by atoms with Gasteiger partial charge in [0.15, 0.2) is 0 Å². The molecular weight excluding hydrogens is 292 g/mol. The van der Waals surface area contributed by atoms with E-state index in [2.05, 4.69) is 13.8 Å². The lowest BCUT2D eigenvalue weighted by Crippen LogP contribution is -2.58. The van der Waals surface area contributed by atoms with Crippen molar-refractivity contribution in [3.8, 4) is 5.75 Å². The third-order valence-corrected chi connectivity index (χ3v) is 4.26. The molecule has 1 aliphatic rings. The molecule has 1 aromatic carbocycles. The van der Waals surface area contributed by atoms with E-state index in [1.54, 1.807) is 16.9 Å². The van der Waals surface area contributed by atoms with Crippen molar-refractivity contribution in [3.63, 3.8) is 0 Å². The van der Waals surface area contributed by atoms with Gasteiger partial charge in [0.05, 0.1) is 7.11 Å². The Labute approximate surface area is 138 Å². The number of carbonyl (C=O) groups excluding carboxylic acids is 2. The van der Waals surface area contributed by atoms with Crippen molar-refractivity contribution in [1.29, 1.82) is 0 Å². The SMILES string of the molecule is COc1ccc(CN2CC(=O)N(CCC(C)C)[C@@H](C)C2=O)cc1. The van der Waals surface area contributed by atoms with Crippen LogP contribution in [-0.4, -0.2) is 47.9 Å². The number of hydrogen-bond acceptors (Lipinski definition) is 3. The van der Waals surface area contributed by atoms with Crippen molar-refractivity contribution in [1.82, 2.24) is 9.80 Å². The average molecular weight is 318 g/mol. The number of rotatable bonds is 6. The van der Waals surface area contributed by atoms with Gasteiger partial charge in [-0.25, -0.2) is 0 Å². The first-order valence-electron chi connectivity index (χ1n) is 8.13. The lowest BCUT2D eigenvalue weighted by atomic mass is 10.1. The summed E-state index contributed by atoms with van der Waals surface area (Å²) in [7, 11) is 1.62. The smallest absolute Gasteiger partial charge is 0.245 e. The molecule has 2 amide bonds. The predicted molar refractivity (Wildman–Crippen MR) is 89.0 cm³/mol. The average Bonchev–Trinajstić information content (AvgIpc) is 2.52. The molecule has 0 aliphatic carbocycles. The van der Waals surface area contributed by atoms with Crippen LogP contribution in [0.1, 0.15) is 32.8 Å². The second-order valence-corrected chi connectivity index (χ2v) is 6.49. The Morgan fingerprint density at radius 3 is 2.43 bits per heavy atom. The molecule has 0 unspecified atom stereocenters. The molecular formula is C18H26N2O3. The fourth-order valence-electron chi connectivity index (χ4n) is 2.75. The number of ether oxygens (including phenoxy) is 1. The first-order chi connectivity index (χ1) is 10.9. The molecule has 1 atom stereocenters. The van der Waals surface area contributed by atoms with Crippen molar-refractivity contribution >= 4 is 11.8 Å². The molecule has 1 aliphatic heterocycles. The van der Waals surface area contributed by atoms with Gasteiger partial charge in [0.2, 0.25) is 11.8 Å². The highest BCUT2D eigenvalue weighted by Crippen LogP contribution is 2.18. The molecule has 1 heterocycles. The van der Waals surface area contributed by atoms with Crippen molar-refractivity contribution in [2.75, 3.05) is 20.2 Å². The minimum absolute atomic E-state index is 0.0178. The van der Waals surface area contributed by atoms with Crippen LogP contribution < -0.4 is 4.74 Å². The van der Waals surface area contributed by atoms with E-state index >= 15 is 0 Å². The zero-order valence-electron chi connectivity index (χ0n) is 14.4. The van der Waals surface area contributed by atoms with Gasteiger partial charge in [-0.05, 0) is 37.0 Å². The summed E-state index contributed by atoms with van der Waals surface area (Å²) < 4.78 is 5.13. The molecule has 23 heavy (non-hydrogen) atoms. The van der Waals surface area contributed by atoms with Crippen molar-refractivity contribution < 1.29 is 14.3 Å². The normalized spacial score (nSPS) is 18.7. The Morgan fingerprint density at radius 2 is 1.87 bits per heavy atom. The Balaban J connectivity index is 2.02. The predicted octanol–water partition coefficient (Wildman–Crippen LogP) is 2.30. The highest BCUT2D eigenvalue weighted by Gasteiger charge is 2.36. The molecule has 1 fully saturated rings. The molecule has 1 saturated heterocycles. The molecule has 2 rings (SSSR count). The van der Waals surface area contributed by atoms with Crippen molar-refractivity contribution in [2.45, 2.75) is 39.8 Å². The van der Waals surface area contributed by atoms with E-state index in [0.717, 1.165) is 17.7 Å². The summed E-state index contributed by atoms with van der Waals surface area (Å²) >= 11 is 0. The van der Waals surface area contributed by atoms with Gasteiger partial charge in [-0.15, -0.1) is 0 Å². The highest BCUT2D eigenvalue weighted by atomic mass is 16.5. The highest BCUT2D eigenvalue weighted by molar-refractivity contribution is 5.94. The molecule has 1 aromatic rings. The molecule has 0 bridgehead atoms. The zero-order chi connectivity index (χ0) is 17.0. The van der Waals surface area contributed by atoms with E-state index in [0.29, 0.717) is 19.0 Å². The summed E-state index contributed by atoms with van der Waals surface area (Å²) in [5, 5.41) is 0. The van der Waals surface area contributed by atoms with E-state index in [1.807, 2.05) is 31.2 Å². The maximum Gasteiger partial charge on any atom is 0.245 e. The van der Waals surface area contributed by atoms with E-state index in [9.17, 15) is 9.59 Å². The molecule has 5 nitrogen and oxygen atoms in total. The Hall–Kier alpha value is -2.04. The van der Waals surface area contributed by atoms with Gasteiger partial charge in [0.25, 0.3) is 0 Å². The van der Waals surface area contributed by atoms with Crippen LogP contribution in [0.25, 0.3) is 0 Å². The quantitative estimate of drug-likeness (QED) is 0.809. The molecule has 0 aromatic heterocycles. The molecule has 126 valence electrons. The largest absolute Gasteiger partial charge is 0.497 e. The van der Waals surface area contributed by atoms with Gasteiger partial charge < -0.3 is 14.5 Å². The summed E-state index contributed by atoms with van der Waals surface area (Å²) in [6.07, 6.45) is 0.918. The van der Waals surface area contributed by atoms with Crippen LogP contribution in [0.3, 0.4) is 0 Å². The number of methoxy groups -OCH3 is 1. The molecule has 0 spiro atoms. The minimum atomic E-state index is -0.381. The first-order valence-corrected chi connectivity index (χ1v) is 8.13. The first kappa shape index (κ1) is 17.3. The number of nitrogens with zero attached hydrogens (tertiary/aromatic N) is 2. The monoisotopic (exact) mass is 318 g/mol.